The molecule has 0 aliphatic carbocycles. The fraction of sp³-hybridized carbons (Fsp3) is 0.214. The largest absolute Gasteiger partial charge is 0.396 e. The maximum Gasteiger partial charge on any atom is 0.154 e. The zero-order chi connectivity index (χ0) is 13.8. The molecule has 3 heterocycles. The van der Waals surface area contributed by atoms with Gasteiger partial charge in [-0.25, -0.2) is 9.50 Å². The summed E-state index contributed by atoms with van der Waals surface area (Å²) in [5.41, 5.74) is 2.74. The number of nitrogens with zero attached hydrogens (tertiary/aromatic N) is 4. The summed E-state index contributed by atoms with van der Waals surface area (Å²) in [6, 6.07) is 7.66. The predicted molar refractivity (Wildman–Crippen MR) is 76.4 cm³/mol. The Morgan fingerprint density at radius 2 is 2.00 bits per heavy atom. The summed E-state index contributed by atoms with van der Waals surface area (Å²) in [6.45, 7) is 0.858. The number of nitrogens with one attached hydrogen (secondary N) is 1. The molecular weight excluding hydrogens is 254 g/mol. The van der Waals surface area contributed by atoms with Crippen molar-refractivity contribution in [2.45, 2.75) is 6.42 Å². The van der Waals surface area contributed by atoms with E-state index in [0.29, 0.717) is 13.0 Å². The lowest BCUT2D eigenvalue weighted by molar-refractivity contribution is 0.292. The standard InChI is InChI=1S/C14H15N5O/c20-9-1-6-16-13-2-3-14-17-10-12(19(14)18-13)11-4-7-15-8-5-11/h2-5,7-8,10,20H,1,6,9H2,(H,16,18). The number of pyridine rings is 1. The Balaban J connectivity index is 1.96. The van der Waals surface area contributed by atoms with Crippen LogP contribution in [-0.4, -0.2) is 37.8 Å². The molecule has 102 valence electrons. The van der Waals surface area contributed by atoms with Crippen LogP contribution in [0.15, 0.2) is 42.9 Å². The molecule has 0 saturated carbocycles. The topological polar surface area (TPSA) is 75.3 Å². The third-order valence-electron chi connectivity index (χ3n) is 2.98. The monoisotopic (exact) mass is 269 g/mol. The Morgan fingerprint density at radius 3 is 2.80 bits per heavy atom. The van der Waals surface area contributed by atoms with Gasteiger partial charge in [-0.3, -0.25) is 4.98 Å². The van der Waals surface area contributed by atoms with Crippen LogP contribution in [-0.2, 0) is 0 Å². The second-order valence-corrected chi connectivity index (χ2v) is 4.37. The van der Waals surface area contributed by atoms with E-state index in [0.717, 1.165) is 22.7 Å². The van der Waals surface area contributed by atoms with Crippen LogP contribution in [0.1, 0.15) is 6.42 Å². The summed E-state index contributed by atoms with van der Waals surface area (Å²) in [5.74, 6) is 0.763. The molecule has 0 aromatic carbocycles. The maximum atomic E-state index is 8.79. The van der Waals surface area contributed by atoms with Gasteiger partial charge in [0.05, 0.1) is 11.9 Å². The van der Waals surface area contributed by atoms with Crippen molar-refractivity contribution in [2.24, 2.45) is 0 Å². The summed E-state index contributed by atoms with van der Waals surface area (Å²) >= 11 is 0. The Morgan fingerprint density at radius 1 is 1.15 bits per heavy atom. The zero-order valence-corrected chi connectivity index (χ0v) is 10.9. The van der Waals surface area contributed by atoms with Crippen LogP contribution in [0.25, 0.3) is 16.9 Å². The lowest BCUT2D eigenvalue weighted by Gasteiger charge is -2.06. The van der Waals surface area contributed by atoms with E-state index in [1.165, 1.54) is 0 Å². The van der Waals surface area contributed by atoms with Crippen LogP contribution < -0.4 is 5.32 Å². The SMILES string of the molecule is OCCCNc1ccc2ncc(-c3ccncc3)n2n1. The van der Waals surface area contributed by atoms with Gasteiger partial charge in [0, 0.05) is 31.1 Å². The first-order chi connectivity index (χ1) is 9.88. The van der Waals surface area contributed by atoms with Crippen molar-refractivity contribution in [1.82, 2.24) is 19.6 Å². The van der Waals surface area contributed by atoms with E-state index in [-0.39, 0.29) is 6.61 Å². The molecule has 0 fully saturated rings. The van der Waals surface area contributed by atoms with Crippen LogP contribution in [0.4, 0.5) is 5.82 Å². The molecule has 6 nitrogen and oxygen atoms in total. The van der Waals surface area contributed by atoms with E-state index in [9.17, 15) is 0 Å². The highest BCUT2D eigenvalue weighted by atomic mass is 16.3. The molecule has 3 aromatic rings. The molecule has 3 rings (SSSR count). The summed E-state index contributed by atoms with van der Waals surface area (Å²) in [4.78, 5) is 8.36. The Labute approximate surface area is 116 Å². The lowest BCUT2D eigenvalue weighted by atomic mass is 10.2. The molecule has 3 aromatic heterocycles. The minimum Gasteiger partial charge on any atom is -0.396 e. The van der Waals surface area contributed by atoms with Gasteiger partial charge in [-0.1, -0.05) is 0 Å². The van der Waals surface area contributed by atoms with Gasteiger partial charge in [0.1, 0.15) is 5.82 Å². The van der Waals surface area contributed by atoms with Gasteiger partial charge < -0.3 is 10.4 Å². The third-order valence-corrected chi connectivity index (χ3v) is 2.98. The summed E-state index contributed by atoms with van der Waals surface area (Å²) in [5, 5.41) is 16.5. The Kier molecular flexibility index (Phi) is 3.56. The molecule has 0 atom stereocenters. The average Bonchev–Trinajstić information content (AvgIpc) is 2.91. The first-order valence-corrected chi connectivity index (χ1v) is 6.48. The molecule has 6 heteroatoms. The van der Waals surface area contributed by atoms with Crippen LogP contribution in [0.5, 0.6) is 0 Å². The number of aliphatic hydroxyl groups excluding tert-OH is 1. The summed E-state index contributed by atoms with van der Waals surface area (Å²) in [6.07, 6.45) is 5.99. The highest BCUT2D eigenvalue weighted by Crippen LogP contribution is 2.19. The van der Waals surface area contributed by atoms with Crippen molar-refractivity contribution >= 4 is 11.5 Å². The minimum atomic E-state index is 0.169. The van der Waals surface area contributed by atoms with Crippen molar-refractivity contribution in [1.29, 1.82) is 0 Å². The van der Waals surface area contributed by atoms with Crippen molar-refractivity contribution in [2.75, 3.05) is 18.5 Å². The smallest absolute Gasteiger partial charge is 0.154 e. The fourth-order valence-corrected chi connectivity index (χ4v) is 1.98. The molecule has 0 aliphatic rings. The Bertz CT molecular complexity index is 695. The second-order valence-electron chi connectivity index (χ2n) is 4.37. The molecule has 0 radical (unpaired) electrons. The molecular formula is C14H15N5O. The van der Waals surface area contributed by atoms with Gasteiger partial charge in [0.25, 0.3) is 0 Å². The zero-order valence-electron chi connectivity index (χ0n) is 10.9. The molecule has 0 aliphatic heterocycles. The number of fused-ring (bicyclic) bond motifs is 1. The highest BCUT2D eigenvalue weighted by molar-refractivity contribution is 5.62. The second kappa shape index (κ2) is 5.66. The lowest BCUT2D eigenvalue weighted by Crippen LogP contribution is -2.07. The number of hydrogen-bond donors (Lipinski definition) is 2. The van der Waals surface area contributed by atoms with E-state index in [1.54, 1.807) is 23.1 Å². The van der Waals surface area contributed by atoms with Crippen LogP contribution in [0.3, 0.4) is 0 Å². The first kappa shape index (κ1) is 12.6. The molecule has 0 bridgehead atoms. The number of aliphatic hydroxyl groups is 1. The van der Waals surface area contributed by atoms with Gasteiger partial charge in [-0.15, -0.1) is 5.10 Å². The molecule has 0 saturated heterocycles. The third kappa shape index (κ3) is 2.46. The van der Waals surface area contributed by atoms with E-state index in [1.807, 2.05) is 24.3 Å². The summed E-state index contributed by atoms with van der Waals surface area (Å²) < 4.78 is 1.80. The van der Waals surface area contributed by atoms with Crippen LogP contribution in [0.2, 0.25) is 0 Å². The quantitative estimate of drug-likeness (QED) is 0.688. The normalized spacial score (nSPS) is 10.8. The van der Waals surface area contributed by atoms with Gasteiger partial charge in [0.2, 0.25) is 0 Å². The van der Waals surface area contributed by atoms with Crippen molar-refractivity contribution in [3.63, 3.8) is 0 Å². The number of rotatable bonds is 5. The van der Waals surface area contributed by atoms with E-state index < -0.39 is 0 Å². The van der Waals surface area contributed by atoms with Gasteiger partial charge >= 0.3 is 0 Å². The first-order valence-electron chi connectivity index (χ1n) is 6.48. The van der Waals surface area contributed by atoms with E-state index in [2.05, 4.69) is 20.4 Å². The molecule has 0 amide bonds. The van der Waals surface area contributed by atoms with Gasteiger partial charge in [0.15, 0.2) is 5.65 Å². The van der Waals surface area contributed by atoms with Crippen LogP contribution in [0, 0.1) is 0 Å². The number of imidazole rings is 1. The van der Waals surface area contributed by atoms with Crippen molar-refractivity contribution in [3.05, 3.63) is 42.9 Å². The number of hydrogen-bond acceptors (Lipinski definition) is 5. The molecule has 2 N–H and O–H groups in total. The Hall–Kier alpha value is -2.47. The number of aromatic nitrogens is 4. The maximum absolute atomic E-state index is 8.79. The van der Waals surface area contributed by atoms with Crippen LogP contribution >= 0.6 is 0 Å². The average molecular weight is 269 g/mol. The predicted octanol–water partition coefficient (Wildman–Crippen LogP) is 1.59. The molecule has 0 spiro atoms. The van der Waals surface area contributed by atoms with Crippen molar-refractivity contribution < 1.29 is 5.11 Å². The van der Waals surface area contributed by atoms with Gasteiger partial charge in [-0.2, -0.15) is 0 Å². The summed E-state index contributed by atoms with van der Waals surface area (Å²) in [7, 11) is 0. The number of anilines is 1. The highest BCUT2D eigenvalue weighted by Gasteiger charge is 2.07. The fourth-order valence-electron chi connectivity index (χ4n) is 1.98. The van der Waals surface area contributed by atoms with Gasteiger partial charge in [-0.05, 0) is 30.7 Å². The molecule has 0 unspecified atom stereocenters. The van der Waals surface area contributed by atoms with E-state index >= 15 is 0 Å². The molecule has 20 heavy (non-hydrogen) atoms. The minimum absolute atomic E-state index is 0.169. The van der Waals surface area contributed by atoms with Crippen molar-refractivity contribution in [3.8, 4) is 11.3 Å². The van der Waals surface area contributed by atoms with E-state index in [4.69, 9.17) is 5.11 Å².